The summed E-state index contributed by atoms with van der Waals surface area (Å²) < 4.78 is 0. The molecular weight excluding hydrogens is 308 g/mol. The van der Waals surface area contributed by atoms with Crippen molar-refractivity contribution in [3.05, 3.63) is 0 Å². The van der Waals surface area contributed by atoms with Crippen molar-refractivity contribution in [3.63, 3.8) is 0 Å². The summed E-state index contributed by atoms with van der Waals surface area (Å²) in [5.74, 6) is 2.04. The lowest BCUT2D eigenvalue weighted by Crippen LogP contribution is -2.35. The number of carbonyl (C=O) groups is 1. The van der Waals surface area contributed by atoms with Gasteiger partial charge < -0.3 is 0 Å². The molecule has 1 aliphatic heterocycles. The highest BCUT2D eigenvalue weighted by molar-refractivity contribution is 5.92. The first-order valence-electron chi connectivity index (χ1n) is 11.1. The highest BCUT2D eigenvalue weighted by Crippen LogP contribution is 2.58. The molecule has 3 aliphatic carbocycles. The van der Waals surface area contributed by atoms with Gasteiger partial charge in [-0.2, -0.15) is 5.10 Å². The highest BCUT2D eigenvalue weighted by Gasteiger charge is 2.48. The van der Waals surface area contributed by atoms with Crippen LogP contribution in [0.15, 0.2) is 5.10 Å². The molecule has 25 heavy (non-hydrogen) atoms. The summed E-state index contributed by atoms with van der Waals surface area (Å²) in [6.45, 7) is 0.878. The second kappa shape index (κ2) is 7.80. The molecule has 3 nitrogen and oxygen atoms in total. The molecule has 0 aromatic carbocycles. The maximum Gasteiger partial charge on any atom is 0.243 e. The van der Waals surface area contributed by atoms with Crippen LogP contribution in [0, 0.1) is 17.3 Å². The molecule has 0 atom stereocenters. The maximum absolute atomic E-state index is 12.4. The van der Waals surface area contributed by atoms with Crippen molar-refractivity contribution in [2.45, 2.75) is 103 Å². The van der Waals surface area contributed by atoms with Gasteiger partial charge in [0.1, 0.15) is 0 Å². The number of rotatable bonds is 6. The van der Waals surface area contributed by atoms with Crippen LogP contribution < -0.4 is 0 Å². The van der Waals surface area contributed by atoms with Gasteiger partial charge in [-0.25, -0.2) is 5.01 Å². The maximum atomic E-state index is 12.4. The van der Waals surface area contributed by atoms with E-state index in [0.29, 0.717) is 11.8 Å². The van der Waals surface area contributed by atoms with Gasteiger partial charge in [-0.05, 0) is 62.2 Å². The fraction of sp³-hybridized carbons (Fsp3) is 0.909. The van der Waals surface area contributed by atoms with Crippen molar-refractivity contribution in [3.8, 4) is 0 Å². The smallest absolute Gasteiger partial charge is 0.243 e. The van der Waals surface area contributed by atoms with E-state index in [9.17, 15) is 4.79 Å². The Morgan fingerprint density at radius 2 is 1.60 bits per heavy atom. The quantitative estimate of drug-likeness (QED) is 0.609. The van der Waals surface area contributed by atoms with Crippen molar-refractivity contribution in [2.75, 3.05) is 6.54 Å². The zero-order chi connectivity index (χ0) is 17.1. The monoisotopic (exact) mass is 344 g/mol. The van der Waals surface area contributed by atoms with Crippen molar-refractivity contribution in [1.82, 2.24) is 5.01 Å². The summed E-state index contributed by atoms with van der Waals surface area (Å²) in [6, 6.07) is 0. The first-order chi connectivity index (χ1) is 12.3. The minimum atomic E-state index is 0.270. The standard InChI is InChI=1S/C22H36N2O/c25-21-12-11-20(17-18-7-3-1-4-8-18)23-24(21)16-15-22(13-14-22)19-9-5-2-6-10-19/h18-19H,1-17H2. The Balaban J connectivity index is 1.32. The van der Waals surface area contributed by atoms with Crippen LogP contribution in [0.4, 0.5) is 0 Å². The van der Waals surface area contributed by atoms with Gasteiger partial charge in [0.05, 0.1) is 0 Å². The van der Waals surface area contributed by atoms with Crippen molar-refractivity contribution < 1.29 is 4.79 Å². The van der Waals surface area contributed by atoms with E-state index >= 15 is 0 Å². The number of hydrogen-bond donors (Lipinski definition) is 0. The molecule has 4 rings (SSSR count). The molecule has 3 saturated carbocycles. The predicted octanol–water partition coefficient (Wildman–Crippen LogP) is 5.69. The molecule has 0 aromatic heterocycles. The van der Waals surface area contributed by atoms with Gasteiger partial charge in [0.25, 0.3) is 0 Å². The zero-order valence-electron chi connectivity index (χ0n) is 16.0. The Hall–Kier alpha value is -0.860. The SMILES string of the molecule is O=C1CCC(CC2CCCCC2)=NN1CCC1(C2CCCCC2)CC1. The number of hydrazone groups is 1. The summed E-state index contributed by atoms with van der Waals surface area (Å²) in [5, 5.41) is 6.70. The van der Waals surface area contributed by atoms with Gasteiger partial charge in [0.15, 0.2) is 0 Å². The van der Waals surface area contributed by atoms with Gasteiger partial charge in [0, 0.05) is 18.7 Å². The van der Waals surface area contributed by atoms with Gasteiger partial charge >= 0.3 is 0 Å². The Labute approximate surface area is 153 Å². The molecule has 3 fully saturated rings. The van der Waals surface area contributed by atoms with E-state index in [1.807, 2.05) is 5.01 Å². The lowest BCUT2D eigenvalue weighted by molar-refractivity contribution is -0.132. The minimum Gasteiger partial charge on any atom is -0.273 e. The van der Waals surface area contributed by atoms with Crippen molar-refractivity contribution in [1.29, 1.82) is 0 Å². The lowest BCUT2D eigenvalue weighted by atomic mass is 9.76. The molecule has 0 bridgehead atoms. The van der Waals surface area contributed by atoms with Crippen LogP contribution in [0.2, 0.25) is 0 Å². The fourth-order valence-electron chi connectivity index (χ4n) is 5.77. The summed E-state index contributed by atoms with van der Waals surface area (Å²) in [7, 11) is 0. The highest BCUT2D eigenvalue weighted by atomic mass is 16.2. The van der Waals surface area contributed by atoms with Gasteiger partial charge in [-0.15, -0.1) is 0 Å². The summed E-state index contributed by atoms with van der Waals surface area (Å²) in [5.41, 5.74) is 1.89. The molecule has 1 amide bonds. The van der Waals surface area contributed by atoms with Crippen LogP contribution in [0.3, 0.4) is 0 Å². The van der Waals surface area contributed by atoms with Crippen LogP contribution >= 0.6 is 0 Å². The first-order valence-corrected chi connectivity index (χ1v) is 11.1. The molecule has 0 aromatic rings. The Kier molecular flexibility index (Phi) is 5.47. The molecule has 140 valence electrons. The van der Waals surface area contributed by atoms with Crippen LogP contribution in [-0.4, -0.2) is 23.2 Å². The van der Waals surface area contributed by atoms with E-state index in [1.165, 1.54) is 89.2 Å². The first kappa shape index (κ1) is 17.5. The molecule has 0 spiro atoms. The van der Waals surface area contributed by atoms with Crippen molar-refractivity contribution >= 4 is 11.6 Å². The number of carbonyl (C=O) groups excluding carboxylic acids is 1. The molecule has 0 unspecified atom stereocenters. The molecule has 0 radical (unpaired) electrons. The number of hydrogen-bond acceptors (Lipinski definition) is 2. The topological polar surface area (TPSA) is 32.7 Å². The lowest BCUT2D eigenvalue weighted by Gasteiger charge is -2.32. The molecule has 1 heterocycles. The molecule has 3 heteroatoms. The predicted molar refractivity (Wildman–Crippen MR) is 102 cm³/mol. The summed E-state index contributed by atoms with van der Waals surface area (Å²) in [6.07, 6.45) is 20.9. The van der Waals surface area contributed by atoms with E-state index < -0.39 is 0 Å². The summed E-state index contributed by atoms with van der Waals surface area (Å²) in [4.78, 5) is 12.4. The average molecular weight is 345 g/mol. The normalized spacial score (nSPS) is 28.1. The number of nitrogens with zero attached hydrogens (tertiary/aromatic N) is 2. The molecule has 0 saturated heterocycles. The van der Waals surface area contributed by atoms with E-state index in [1.54, 1.807) is 0 Å². The molecule has 0 N–H and O–H groups in total. The zero-order valence-corrected chi connectivity index (χ0v) is 16.0. The van der Waals surface area contributed by atoms with Gasteiger partial charge in [0.2, 0.25) is 5.91 Å². The van der Waals surface area contributed by atoms with Crippen LogP contribution in [-0.2, 0) is 4.79 Å². The van der Waals surface area contributed by atoms with Gasteiger partial charge in [-0.3, -0.25) is 4.79 Å². The van der Waals surface area contributed by atoms with E-state index in [2.05, 4.69) is 0 Å². The van der Waals surface area contributed by atoms with E-state index in [4.69, 9.17) is 5.10 Å². The van der Waals surface area contributed by atoms with Crippen LogP contribution in [0.25, 0.3) is 0 Å². The third kappa shape index (κ3) is 4.28. The van der Waals surface area contributed by atoms with E-state index in [-0.39, 0.29) is 5.91 Å². The van der Waals surface area contributed by atoms with Crippen molar-refractivity contribution in [2.24, 2.45) is 22.4 Å². The molecule has 4 aliphatic rings. The Morgan fingerprint density at radius 3 is 2.28 bits per heavy atom. The fourth-order valence-corrected chi connectivity index (χ4v) is 5.77. The second-order valence-electron chi connectivity index (χ2n) is 9.34. The third-order valence-electron chi connectivity index (χ3n) is 7.61. The minimum absolute atomic E-state index is 0.270. The van der Waals surface area contributed by atoms with Gasteiger partial charge in [-0.1, -0.05) is 51.4 Å². The summed E-state index contributed by atoms with van der Waals surface area (Å²) >= 11 is 0. The molecular formula is C22H36N2O. The van der Waals surface area contributed by atoms with Crippen LogP contribution in [0.1, 0.15) is 103 Å². The van der Waals surface area contributed by atoms with E-state index in [0.717, 1.165) is 31.2 Å². The Morgan fingerprint density at radius 1 is 0.920 bits per heavy atom. The van der Waals surface area contributed by atoms with Crippen LogP contribution in [0.5, 0.6) is 0 Å². The Bertz CT molecular complexity index is 496. The largest absolute Gasteiger partial charge is 0.273 e. The average Bonchev–Trinajstić information content (AvgIpc) is 3.45. The number of amides is 1. The third-order valence-corrected chi connectivity index (χ3v) is 7.61. The second-order valence-corrected chi connectivity index (χ2v) is 9.34.